The van der Waals surface area contributed by atoms with Gasteiger partial charge in [0.1, 0.15) is 0 Å². The number of rotatable bonds is 1. The molecule has 2 aromatic rings. The van der Waals surface area contributed by atoms with Gasteiger partial charge in [0.25, 0.3) is 0 Å². The van der Waals surface area contributed by atoms with Gasteiger partial charge in [-0.05, 0) is 60.1 Å². The van der Waals surface area contributed by atoms with Crippen LogP contribution in [-0.4, -0.2) is 6.54 Å². The third-order valence-corrected chi connectivity index (χ3v) is 4.97. The maximum absolute atomic E-state index is 5.94. The van der Waals surface area contributed by atoms with Crippen LogP contribution in [0, 0.1) is 5.92 Å². The number of nitrogen functional groups attached to an aromatic ring is 1. The van der Waals surface area contributed by atoms with Crippen molar-refractivity contribution in [1.82, 2.24) is 0 Å². The summed E-state index contributed by atoms with van der Waals surface area (Å²) in [4.78, 5) is 2.63. The van der Waals surface area contributed by atoms with Crippen molar-refractivity contribution in [1.29, 1.82) is 0 Å². The van der Waals surface area contributed by atoms with Crippen molar-refractivity contribution in [3.8, 4) is 0 Å². The molecule has 2 aromatic carbocycles. The number of aryl methyl sites for hydroxylation is 1. The lowest BCUT2D eigenvalue weighted by Gasteiger charge is -2.39. The topological polar surface area (TPSA) is 29.3 Å². The fraction of sp³-hybridized carbons (Fsp3) is 0.368. The lowest BCUT2D eigenvalue weighted by Crippen LogP contribution is -2.36. The average molecular weight is 278 g/mol. The molecule has 0 saturated carbocycles. The molecule has 0 spiro atoms. The van der Waals surface area contributed by atoms with Crippen molar-refractivity contribution < 1.29 is 0 Å². The van der Waals surface area contributed by atoms with Crippen LogP contribution >= 0.6 is 0 Å². The van der Waals surface area contributed by atoms with E-state index in [0.29, 0.717) is 6.04 Å². The first-order valence-electron chi connectivity index (χ1n) is 7.95. The van der Waals surface area contributed by atoms with Crippen LogP contribution in [0.25, 0.3) is 0 Å². The third kappa shape index (κ3) is 2.10. The van der Waals surface area contributed by atoms with Crippen molar-refractivity contribution in [3.05, 3.63) is 59.2 Å². The summed E-state index contributed by atoms with van der Waals surface area (Å²) in [5, 5.41) is 0. The molecular weight excluding hydrogens is 256 g/mol. The number of hydrogen-bond donors (Lipinski definition) is 1. The van der Waals surface area contributed by atoms with E-state index in [1.165, 1.54) is 35.2 Å². The predicted molar refractivity (Wildman–Crippen MR) is 88.6 cm³/mol. The van der Waals surface area contributed by atoms with Crippen LogP contribution in [0.4, 0.5) is 11.4 Å². The molecule has 2 atom stereocenters. The molecule has 0 aromatic heterocycles. The van der Waals surface area contributed by atoms with Crippen LogP contribution < -0.4 is 10.6 Å². The van der Waals surface area contributed by atoms with Crippen LogP contribution in [-0.2, 0) is 12.8 Å². The highest BCUT2D eigenvalue weighted by Crippen LogP contribution is 2.42. The molecule has 1 aliphatic carbocycles. The number of nitrogens with two attached hydrogens (primary N) is 1. The summed E-state index contributed by atoms with van der Waals surface area (Å²) in [5.74, 6) is 0.720. The normalized spacial score (nSPS) is 23.8. The van der Waals surface area contributed by atoms with Gasteiger partial charge >= 0.3 is 0 Å². The van der Waals surface area contributed by atoms with E-state index in [1.54, 1.807) is 0 Å². The quantitative estimate of drug-likeness (QED) is 0.800. The summed E-state index contributed by atoms with van der Waals surface area (Å²) >= 11 is 0. The van der Waals surface area contributed by atoms with Gasteiger partial charge in [-0.3, -0.25) is 0 Å². The SMILES string of the molecule is CC1Cc2ccccc2N(C2CCc3cc(N)ccc32)C1. The van der Waals surface area contributed by atoms with E-state index in [4.69, 9.17) is 5.73 Å². The summed E-state index contributed by atoms with van der Waals surface area (Å²) < 4.78 is 0. The molecule has 0 bridgehead atoms. The Labute approximate surface area is 126 Å². The first kappa shape index (κ1) is 12.8. The smallest absolute Gasteiger partial charge is 0.0548 e. The lowest BCUT2D eigenvalue weighted by molar-refractivity contribution is 0.485. The Bertz CT molecular complexity index is 677. The minimum absolute atomic E-state index is 0.518. The zero-order valence-corrected chi connectivity index (χ0v) is 12.5. The second kappa shape index (κ2) is 4.80. The summed E-state index contributed by atoms with van der Waals surface area (Å²) in [6.45, 7) is 3.52. The zero-order chi connectivity index (χ0) is 14.4. The Morgan fingerprint density at radius 3 is 2.86 bits per heavy atom. The van der Waals surface area contributed by atoms with Crippen molar-refractivity contribution in [2.45, 2.75) is 32.2 Å². The third-order valence-electron chi connectivity index (χ3n) is 4.97. The number of para-hydroxylation sites is 1. The number of anilines is 2. The highest BCUT2D eigenvalue weighted by atomic mass is 15.2. The van der Waals surface area contributed by atoms with Crippen LogP contribution in [0.15, 0.2) is 42.5 Å². The fourth-order valence-corrected chi connectivity index (χ4v) is 4.07. The molecule has 0 fully saturated rings. The standard InChI is InChI=1S/C19H22N2/c1-13-10-15-4-2-3-5-18(15)21(12-13)19-9-6-14-11-16(20)7-8-17(14)19/h2-5,7-8,11,13,19H,6,9-10,12,20H2,1H3. The van der Waals surface area contributed by atoms with Crippen molar-refractivity contribution in [2.75, 3.05) is 17.2 Å². The minimum atomic E-state index is 0.518. The molecule has 21 heavy (non-hydrogen) atoms. The molecule has 0 saturated heterocycles. The van der Waals surface area contributed by atoms with Gasteiger partial charge in [0, 0.05) is 17.9 Å². The van der Waals surface area contributed by atoms with Gasteiger partial charge in [0.15, 0.2) is 0 Å². The van der Waals surface area contributed by atoms with E-state index in [2.05, 4.69) is 54.3 Å². The predicted octanol–water partition coefficient (Wildman–Crippen LogP) is 3.95. The molecule has 2 aliphatic rings. The van der Waals surface area contributed by atoms with Crippen LogP contribution in [0.1, 0.15) is 36.1 Å². The van der Waals surface area contributed by atoms with Crippen LogP contribution in [0.3, 0.4) is 0 Å². The Kier molecular flexibility index (Phi) is 2.91. The van der Waals surface area contributed by atoms with Crippen LogP contribution in [0.2, 0.25) is 0 Å². The van der Waals surface area contributed by atoms with E-state index in [1.807, 2.05) is 0 Å². The second-order valence-corrected chi connectivity index (χ2v) is 6.60. The van der Waals surface area contributed by atoms with Crippen molar-refractivity contribution in [2.24, 2.45) is 5.92 Å². The van der Waals surface area contributed by atoms with Gasteiger partial charge in [0.2, 0.25) is 0 Å². The number of fused-ring (bicyclic) bond motifs is 2. The molecule has 108 valence electrons. The second-order valence-electron chi connectivity index (χ2n) is 6.60. The van der Waals surface area contributed by atoms with Gasteiger partial charge in [-0.15, -0.1) is 0 Å². The number of nitrogens with zero attached hydrogens (tertiary/aromatic N) is 1. The Morgan fingerprint density at radius 1 is 1.10 bits per heavy atom. The van der Waals surface area contributed by atoms with Crippen molar-refractivity contribution in [3.63, 3.8) is 0 Å². The monoisotopic (exact) mass is 278 g/mol. The summed E-state index contributed by atoms with van der Waals surface area (Å²) in [6.07, 6.45) is 3.56. The molecule has 0 amide bonds. The van der Waals surface area contributed by atoms with Gasteiger partial charge < -0.3 is 10.6 Å². The molecule has 0 radical (unpaired) electrons. The van der Waals surface area contributed by atoms with Gasteiger partial charge in [-0.1, -0.05) is 31.2 Å². The lowest BCUT2D eigenvalue weighted by atomic mass is 9.91. The molecule has 1 heterocycles. The van der Waals surface area contributed by atoms with E-state index in [9.17, 15) is 0 Å². The molecule has 1 aliphatic heterocycles. The zero-order valence-electron chi connectivity index (χ0n) is 12.5. The maximum Gasteiger partial charge on any atom is 0.0548 e. The first-order valence-corrected chi connectivity index (χ1v) is 7.95. The Hall–Kier alpha value is -1.96. The molecule has 2 nitrogen and oxygen atoms in total. The Balaban J connectivity index is 1.76. The van der Waals surface area contributed by atoms with E-state index in [-0.39, 0.29) is 0 Å². The van der Waals surface area contributed by atoms with Crippen molar-refractivity contribution >= 4 is 11.4 Å². The van der Waals surface area contributed by atoms with E-state index >= 15 is 0 Å². The summed E-state index contributed by atoms with van der Waals surface area (Å²) in [5.41, 5.74) is 12.7. The first-order chi connectivity index (χ1) is 10.2. The van der Waals surface area contributed by atoms with Crippen LogP contribution in [0.5, 0.6) is 0 Å². The fourth-order valence-electron chi connectivity index (χ4n) is 4.07. The average Bonchev–Trinajstić information content (AvgIpc) is 2.89. The summed E-state index contributed by atoms with van der Waals surface area (Å²) in [6, 6.07) is 15.9. The molecule has 2 N–H and O–H groups in total. The highest BCUT2D eigenvalue weighted by Gasteiger charge is 2.32. The minimum Gasteiger partial charge on any atom is -0.399 e. The number of benzene rings is 2. The maximum atomic E-state index is 5.94. The number of hydrogen-bond acceptors (Lipinski definition) is 2. The molecule has 2 unspecified atom stereocenters. The van der Waals surface area contributed by atoms with Gasteiger partial charge in [0.05, 0.1) is 6.04 Å². The summed E-state index contributed by atoms with van der Waals surface area (Å²) in [7, 11) is 0. The molecule has 4 rings (SSSR count). The largest absolute Gasteiger partial charge is 0.399 e. The molecular formula is C19H22N2. The Morgan fingerprint density at radius 2 is 1.95 bits per heavy atom. The van der Waals surface area contributed by atoms with Gasteiger partial charge in [-0.25, -0.2) is 0 Å². The van der Waals surface area contributed by atoms with Gasteiger partial charge in [-0.2, -0.15) is 0 Å². The van der Waals surface area contributed by atoms with E-state index in [0.717, 1.165) is 24.6 Å². The molecule has 2 heteroatoms. The highest BCUT2D eigenvalue weighted by molar-refractivity contribution is 5.59. The van der Waals surface area contributed by atoms with E-state index < -0.39 is 0 Å².